The average Bonchev–Trinajstić information content (AvgIpc) is 2.64. The number of benzene rings is 3. The summed E-state index contributed by atoms with van der Waals surface area (Å²) >= 11 is 6.31. The molecule has 0 unspecified atom stereocenters. The number of nitrogens with one attached hydrogen (secondary N) is 1. The number of fused-ring (bicyclic) bond motifs is 1. The molecule has 0 atom stereocenters. The zero-order valence-electron chi connectivity index (χ0n) is 13.1. The van der Waals surface area contributed by atoms with E-state index in [0.717, 1.165) is 22.2 Å². The van der Waals surface area contributed by atoms with Crippen LogP contribution in [0.2, 0.25) is 5.02 Å². The van der Waals surface area contributed by atoms with Crippen LogP contribution in [0.25, 0.3) is 22.3 Å². The Labute approximate surface area is 149 Å². The van der Waals surface area contributed by atoms with Crippen molar-refractivity contribution in [3.8, 4) is 17.1 Å². The number of halogens is 1. The second-order valence-corrected chi connectivity index (χ2v) is 5.97. The quantitative estimate of drug-likeness (QED) is 0.487. The molecule has 4 aromatic rings. The van der Waals surface area contributed by atoms with Crippen LogP contribution in [0.15, 0.2) is 72.8 Å². The highest BCUT2D eigenvalue weighted by molar-refractivity contribution is 6.33. The Morgan fingerprint density at radius 3 is 2.32 bits per heavy atom. The first-order chi connectivity index (χ1) is 12.2. The molecule has 0 bridgehead atoms. The van der Waals surface area contributed by atoms with Crippen LogP contribution in [0, 0.1) is 0 Å². The lowest BCUT2D eigenvalue weighted by molar-refractivity contribution is 0.475. The Bertz CT molecular complexity index is 1050. The summed E-state index contributed by atoms with van der Waals surface area (Å²) in [6.45, 7) is 0. The normalized spacial score (nSPS) is 10.8. The Morgan fingerprint density at radius 2 is 1.52 bits per heavy atom. The van der Waals surface area contributed by atoms with Crippen LogP contribution in [0.5, 0.6) is 5.75 Å². The van der Waals surface area contributed by atoms with Crippen LogP contribution in [0.4, 0.5) is 11.5 Å². The largest absolute Gasteiger partial charge is 0.508 e. The van der Waals surface area contributed by atoms with E-state index in [9.17, 15) is 5.11 Å². The van der Waals surface area contributed by atoms with Crippen molar-refractivity contribution in [3.63, 3.8) is 0 Å². The van der Waals surface area contributed by atoms with Gasteiger partial charge in [0.1, 0.15) is 11.6 Å². The molecule has 0 aliphatic rings. The number of rotatable bonds is 3. The smallest absolute Gasteiger partial charge is 0.163 e. The van der Waals surface area contributed by atoms with Crippen LogP contribution in [0.1, 0.15) is 0 Å². The van der Waals surface area contributed by atoms with Gasteiger partial charge in [0.15, 0.2) is 5.82 Å². The molecule has 0 saturated heterocycles. The highest BCUT2D eigenvalue weighted by Crippen LogP contribution is 2.30. The van der Waals surface area contributed by atoms with E-state index in [1.807, 2.05) is 48.5 Å². The third-order valence-corrected chi connectivity index (χ3v) is 4.18. The molecular weight excluding hydrogens is 334 g/mol. The van der Waals surface area contributed by atoms with Gasteiger partial charge in [-0.25, -0.2) is 9.97 Å². The first kappa shape index (κ1) is 15.4. The molecule has 0 aliphatic carbocycles. The lowest BCUT2D eigenvalue weighted by Gasteiger charge is -2.11. The maximum atomic E-state index is 9.45. The van der Waals surface area contributed by atoms with Gasteiger partial charge in [-0.05, 0) is 48.5 Å². The third-order valence-electron chi connectivity index (χ3n) is 3.85. The predicted octanol–water partition coefficient (Wildman–Crippen LogP) is 5.40. The summed E-state index contributed by atoms with van der Waals surface area (Å²) in [5.41, 5.74) is 2.43. The van der Waals surface area contributed by atoms with Crippen molar-refractivity contribution in [2.24, 2.45) is 0 Å². The zero-order valence-corrected chi connectivity index (χ0v) is 13.9. The second kappa shape index (κ2) is 6.42. The van der Waals surface area contributed by atoms with Gasteiger partial charge in [0.2, 0.25) is 0 Å². The standard InChI is InChI=1S/C20H14ClN3O/c21-17-7-3-1-5-15(17)19-23-18-8-4-2-6-16(18)20(24-19)22-13-9-11-14(25)12-10-13/h1-12,25H,(H,22,23,24). The summed E-state index contributed by atoms with van der Waals surface area (Å²) in [4.78, 5) is 9.33. The molecule has 4 nitrogen and oxygen atoms in total. The summed E-state index contributed by atoms with van der Waals surface area (Å²) < 4.78 is 0. The van der Waals surface area contributed by atoms with Gasteiger partial charge < -0.3 is 10.4 Å². The van der Waals surface area contributed by atoms with E-state index in [1.54, 1.807) is 24.3 Å². The number of aromatic hydroxyl groups is 1. The van der Waals surface area contributed by atoms with Crippen molar-refractivity contribution < 1.29 is 5.11 Å². The van der Waals surface area contributed by atoms with E-state index in [1.165, 1.54) is 0 Å². The fraction of sp³-hybridized carbons (Fsp3) is 0. The van der Waals surface area contributed by atoms with Crippen molar-refractivity contribution >= 4 is 34.0 Å². The van der Waals surface area contributed by atoms with Gasteiger partial charge in [-0.3, -0.25) is 0 Å². The monoisotopic (exact) mass is 347 g/mol. The van der Waals surface area contributed by atoms with E-state index >= 15 is 0 Å². The number of para-hydroxylation sites is 1. The predicted molar refractivity (Wildman–Crippen MR) is 101 cm³/mol. The number of aromatic nitrogens is 2. The number of phenolic OH excluding ortho intramolecular Hbond substituents is 1. The molecule has 25 heavy (non-hydrogen) atoms. The Balaban J connectivity index is 1.87. The Kier molecular flexibility index (Phi) is 3.96. The van der Waals surface area contributed by atoms with Gasteiger partial charge in [0, 0.05) is 16.6 Å². The van der Waals surface area contributed by atoms with E-state index < -0.39 is 0 Å². The Hall–Kier alpha value is -3.11. The molecule has 2 N–H and O–H groups in total. The molecule has 5 heteroatoms. The fourth-order valence-corrected chi connectivity index (χ4v) is 2.84. The molecule has 4 rings (SSSR count). The lowest BCUT2D eigenvalue weighted by Crippen LogP contribution is -1.99. The van der Waals surface area contributed by atoms with Crippen LogP contribution in [-0.4, -0.2) is 15.1 Å². The van der Waals surface area contributed by atoms with Crippen LogP contribution < -0.4 is 5.32 Å². The van der Waals surface area contributed by atoms with Gasteiger partial charge >= 0.3 is 0 Å². The van der Waals surface area contributed by atoms with Crippen LogP contribution >= 0.6 is 11.6 Å². The topological polar surface area (TPSA) is 58.0 Å². The van der Waals surface area contributed by atoms with Crippen LogP contribution in [-0.2, 0) is 0 Å². The minimum absolute atomic E-state index is 0.217. The van der Waals surface area contributed by atoms with Crippen LogP contribution in [0.3, 0.4) is 0 Å². The third kappa shape index (κ3) is 3.12. The molecule has 122 valence electrons. The van der Waals surface area contributed by atoms with Crippen molar-refractivity contribution in [2.45, 2.75) is 0 Å². The summed E-state index contributed by atoms with van der Waals surface area (Å²) in [5, 5.41) is 14.3. The van der Waals surface area contributed by atoms with E-state index in [2.05, 4.69) is 15.3 Å². The van der Waals surface area contributed by atoms with E-state index in [0.29, 0.717) is 16.7 Å². The van der Waals surface area contributed by atoms with Gasteiger partial charge in [-0.15, -0.1) is 0 Å². The van der Waals surface area contributed by atoms with Crippen molar-refractivity contribution in [3.05, 3.63) is 77.8 Å². The zero-order chi connectivity index (χ0) is 17.2. The minimum Gasteiger partial charge on any atom is -0.508 e. The van der Waals surface area contributed by atoms with Gasteiger partial charge in [-0.2, -0.15) is 0 Å². The highest BCUT2D eigenvalue weighted by atomic mass is 35.5. The summed E-state index contributed by atoms with van der Waals surface area (Å²) in [5.74, 6) is 1.46. The van der Waals surface area contributed by atoms with Crippen molar-refractivity contribution in [1.82, 2.24) is 9.97 Å². The summed E-state index contributed by atoms with van der Waals surface area (Å²) in [6.07, 6.45) is 0. The summed E-state index contributed by atoms with van der Waals surface area (Å²) in [7, 11) is 0. The molecule has 3 aromatic carbocycles. The summed E-state index contributed by atoms with van der Waals surface area (Å²) in [6, 6.07) is 22.1. The van der Waals surface area contributed by atoms with E-state index in [-0.39, 0.29) is 5.75 Å². The molecular formula is C20H14ClN3O. The molecule has 0 radical (unpaired) electrons. The highest BCUT2D eigenvalue weighted by Gasteiger charge is 2.11. The van der Waals surface area contributed by atoms with Gasteiger partial charge in [0.05, 0.1) is 10.5 Å². The molecule has 0 aliphatic heterocycles. The SMILES string of the molecule is Oc1ccc(Nc2nc(-c3ccccc3Cl)nc3ccccc23)cc1. The number of anilines is 2. The first-order valence-electron chi connectivity index (χ1n) is 7.78. The first-order valence-corrected chi connectivity index (χ1v) is 8.16. The molecule has 0 fully saturated rings. The average molecular weight is 348 g/mol. The number of phenols is 1. The van der Waals surface area contributed by atoms with E-state index in [4.69, 9.17) is 11.6 Å². The van der Waals surface area contributed by atoms with Gasteiger partial charge in [-0.1, -0.05) is 35.9 Å². The van der Waals surface area contributed by atoms with Crippen molar-refractivity contribution in [2.75, 3.05) is 5.32 Å². The second-order valence-electron chi connectivity index (χ2n) is 5.56. The lowest BCUT2D eigenvalue weighted by atomic mass is 10.1. The number of hydrogen-bond acceptors (Lipinski definition) is 4. The Morgan fingerprint density at radius 1 is 0.800 bits per heavy atom. The molecule has 1 heterocycles. The minimum atomic E-state index is 0.217. The number of hydrogen-bond donors (Lipinski definition) is 2. The fourth-order valence-electron chi connectivity index (χ4n) is 2.62. The number of nitrogens with zero attached hydrogens (tertiary/aromatic N) is 2. The maximum Gasteiger partial charge on any atom is 0.163 e. The molecule has 0 amide bonds. The molecule has 1 aromatic heterocycles. The molecule has 0 saturated carbocycles. The maximum absolute atomic E-state index is 9.45. The van der Waals surface area contributed by atoms with Gasteiger partial charge in [0.25, 0.3) is 0 Å². The van der Waals surface area contributed by atoms with Crippen molar-refractivity contribution in [1.29, 1.82) is 0 Å². The molecule has 0 spiro atoms.